The van der Waals surface area contributed by atoms with E-state index >= 15 is 0 Å². The molecular formula is C12H14O3. The van der Waals surface area contributed by atoms with Crippen LogP contribution in [0.2, 0.25) is 0 Å². The van der Waals surface area contributed by atoms with Crippen LogP contribution >= 0.6 is 0 Å². The van der Waals surface area contributed by atoms with Crippen LogP contribution in [0.5, 0.6) is 0 Å². The number of hydrogen-bond donors (Lipinski definition) is 1. The molecule has 1 aliphatic rings. The Morgan fingerprint density at radius 1 is 1.27 bits per heavy atom. The summed E-state index contributed by atoms with van der Waals surface area (Å²) in [5.41, 5.74) is 0.539. The fraction of sp³-hybridized carbons (Fsp3) is 0.417. The molecule has 0 radical (unpaired) electrons. The molecule has 15 heavy (non-hydrogen) atoms. The van der Waals surface area contributed by atoms with Crippen LogP contribution < -0.4 is 0 Å². The summed E-state index contributed by atoms with van der Waals surface area (Å²) in [5, 5.41) is 9.51. The van der Waals surface area contributed by atoms with E-state index in [9.17, 15) is 9.90 Å². The first-order chi connectivity index (χ1) is 7.27. The molecule has 1 aliphatic carbocycles. The number of rotatable bonds is 2. The molecule has 0 saturated heterocycles. The maximum atomic E-state index is 11.6. The first-order valence-electron chi connectivity index (χ1n) is 5.21. The van der Waals surface area contributed by atoms with Crippen LogP contribution in [0, 0.1) is 0 Å². The van der Waals surface area contributed by atoms with Crippen molar-refractivity contribution in [1.29, 1.82) is 0 Å². The average Bonchev–Trinajstić information content (AvgIpc) is 2.66. The quantitative estimate of drug-likeness (QED) is 0.750. The smallest absolute Gasteiger partial charge is 0.338 e. The van der Waals surface area contributed by atoms with Gasteiger partial charge in [-0.2, -0.15) is 0 Å². The minimum Gasteiger partial charge on any atom is -0.456 e. The van der Waals surface area contributed by atoms with E-state index in [1.807, 2.05) is 6.07 Å². The van der Waals surface area contributed by atoms with Crippen molar-refractivity contribution < 1.29 is 14.6 Å². The van der Waals surface area contributed by atoms with Gasteiger partial charge in [0.1, 0.15) is 6.10 Å². The summed E-state index contributed by atoms with van der Waals surface area (Å²) < 4.78 is 5.22. The number of esters is 1. The van der Waals surface area contributed by atoms with Gasteiger partial charge in [-0.1, -0.05) is 18.2 Å². The maximum Gasteiger partial charge on any atom is 0.338 e. The summed E-state index contributed by atoms with van der Waals surface area (Å²) >= 11 is 0. The van der Waals surface area contributed by atoms with Crippen molar-refractivity contribution in [2.24, 2.45) is 0 Å². The van der Waals surface area contributed by atoms with Gasteiger partial charge in [0, 0.05) is 0 Å². The Balaban J connectivity index is 1.98. The van der Waals surface area contributed by atoms with Crippen LogP contribution in [-0.4, -0.2) is 23.3 Å². The van der Waals surface area contributed by atoms with Crippen molar-refractivity contribution in [3.8, 4) is 0 Å². The predicted octanol–water partition coefficient (Wildman–Crippen LogP) is 1.76. The Morgan fingerprint density at radius 3 is 2.60 bits per heavy atom. The Hall–Kier alpha value is -1.35. The molecule has 1 aromatic carbocycles. The lowest BCUT2D eigenvalue weighted by Crippen LogP contribution is -2.25. The van der Waals surface area contributed by atoms with E-state index in [0.717, 1.165) is 19.3 Å². The zero-order chi connectivity index (χ0) is 10.7. The SMILES string of the molecule is O=C(O[C@H]1CCC[C@H]1O)c1ccccc1. The van der Waals surface area contributed by atoms with Gasteiger partial charge in [-0.3, -0.25) is 0 Å². The summed E-state index contributed by atoms with van der Waals surface area (Å²) in [6.45, 7) is 0. The molecule has 0 aliphatic heterocycles. The highest BCUT2D eigenvalue weighted by atomic mass is 16.6. The van der Waals surface area contributed by atoms with Crippen LogP contribution in [0.1, 0.15) is 29.6 Å². The lowest BCUT2D eigenvalue weighted by molar-refractivity contribution is -0.00484. The Kier molecular flexibility index (Phi) is 3.02. The molecule has 2 atom stereocenters. The van der Waals surface area contributed by atoms with Crippen molar-refractivity contribution in [3.05, 3.63) is 35.9 Å². The third-order valence-corrected chi connectivity index (χ3v) is 2.69. The first-order valence-corrected chi connectivity index (χ1v) is 5.21. The second-order valence-corrected chi connectivity index (χ2v) is 3.81. The molecule has 1 fully saturated rings. The molecule has 0 heterocycles. The molecule has 0 bridgehead atoms. The van der Waals surface area contributed by atoms with Crippen molar-refractivity contribution in [3.63, 3.8) is 0 Å². The van der Waals surface area contributed by atoms with Gasteiger partial charge >= 0.3 is 5.97 Å². The van der Waals surface area contributed by atoms with Crippen LogP contribution in [0.3, 0.4) is 0 Å². The zero-order valence-electron chi connectivity index (χ0n) is 8.43. The standard InChI is InChI=1S/C12H14O3/c13-10-7-4-8-11(10)15-12(14)9-5-2-1-3-6-9/h1-3,5-6,10-11,13H,4,7-8H2/t10-,11+/m1/s1. The minimum atomic E-state index is -0.488. The first kappa shape index (κ1) is 10.2. The molecular weight excluding hydrogens is 192 g/mol. The van der Waals surface area contributed by atoms with Crippen molar-refractivity contribution >= 4 is 5.97 Å². The third-order valence-electron chi connectivity index (χ3n) is 2.69. The summed E-state index contributed by atoms with van der Waals surface area (Å²) in [6, 6.07) is 8.86. The second-order valence-electron chi connectivity index (χ2n) is 3.81. The normalized spacial score (nSPS) is 25.1. The number of ether oxygens (including phenoxy) is 1. The largest absolute Gasteiger partial charge is 0.456 e. The molecule has 3 nitrogen and oxygen atoms in total. The molecule has 0 aromatic heterocycles. The van der Waals surface area contributed by atoms with E-state index < -0.39 is 6.10 Å². The number of hydrogen-bond acceptors (Lipinski definition) is 3. The van der Waals surface area contributed by atoms with Crippen molar-refractivity contribution in [1.82, 2.24) is 0 Å². The lowest BCUT2D eigenvalue weighted by Gasteiger charge is -2.15. The van der Waals surface area contributed by atoms with Crippen molar-refractivity contribution in [2.75, 3.05) is 0 Å². The van der Waals surface area contributed by atoms with Gasteiger partial charge in [0.15, 0.2) is 0 Å². The number of carbonyl (C=O) groups is 1. The van der Waals surface area contributed by atoms with E-state index in [0.29, 0.717) is 5.56 Å². The van der Waals surface area contributed by atoms with Crippen LogP contribution in [0.4, 0.5) is 0 Å². The highest BCUT2D eigenvalue weighted by Gasteiger charge is 2.28. The summed E-state index contributed by atoms with van der Waals surface area (Å²) in [5.74, 6) is -0.346. The van der Waals surface area contributed by atoms with E-state index in [1.54, 1.807) is 24.3 Å². The molecule has 1 saturated carbocycles. The van der Waals surface area contributed by atoms with E-state index in [1.165, 1.54) is 0 Å². The number of carbonyl (C=O) groups excluding carboxylic acids is 1. The van der Waals surface area contributed by atoms with Crippen LogP contribution in [0.25, 0.3) is 0 Å². The number of aliphatic hydroxyl groups is 1. The van der Waals surface area contributed by atoms with E-state index in [-0.39, 0.29) is 12.1 Å². The monoisotopic (exact) mass is 206 g/mol. The van der Waals surface area contributed by atoms with Crippen molar-refractivity contribution in [2.45, 2.75) is 31.5 Å². The van der Waals surface area contributed by atoms with Gasteiger partial charge in [0.05, 0.1) is 11.7 Å². The number of aliphatic hydroxyl groups excluding tert-OH is 1. The highest BCUT2D eigenvalue weighted by molar-refractivity contribution is 5.89. The average molecular weight is 206 g/mol. The van der Waals surface area contributed by atoms with Gasteiger partial charge in [0.25, 0.3) is 0 Å². The number of benzene rings is 1. The fourth-order valence-corrected chi connectivity index (χ4v) is 1.82. The Morgan fingerprint density at radius 2 is 2.00 bits per heavy atom. The second kappa shape index (κ2) is 4.45. The molecule has 0 amide bonds. The molecule has 3 heteroatoms. The maximum absolute atomic E-state index is 11.6. The van der Waals surface area contributed by atoms with E-state index in [2.05, 4.69) is 0 Å². The summed E-state index contributed by atoms with van der Waals surface area (Å²) in [7, 11) is 0. The molecule has 1 aromatic rings. The van der Waals surface area contributed by atoms with Gasteiger partial charge in [-0.25, -0.2) is 4.79 Å². The molecule has 0 unspecified atom stereocenters. The predicted molar refractivity (Wildman–Crippen MR) is 55.5 cm³/mol. The lowest BCUT2D eigenvalue weighted by atomic mass is 10.2. The van der Waals surface area contributed by atoms with Crippen LogP contribution in [0.15, 0.2) is 30.3 Å². The minimum absolute atomic E-state index is 0.322. The molecule has 80 valence electrons. The third kappa shape index (κ3) is 2.36. The highest BCUT2D eigenvalue weighted by Crippen LogP contribution is 2.22. The molecule has 0 spiro atoms. The van der Waals surface area contributed by atoms with Crippen LogP contribution in [-0.2, 0) is 4.74 Å². The van der Waals surface area contributed by atoms with E-state index in [4.69, 9.17) is 4.74 Å². The fourth-order valence-electron chi connectivity index (χ4n) is 1.82. The molecule has 2 rings (SSSR count). The van der Waals surface area contributed by atoms with Gasteiger partial charge in [-0.15, -0.1) is 0 Å². The van der Waals surface area contributed by atoms with Gasteiger partial charge < -0.3 is 9.84 Å². The summed E-state index contributed by atoms with van der Waals surface area (Å²) in [6.07, 6.45) is 1.61. The van der Waals surface area contributed by atoms with Gasteiger partial charge in [-0.05, 0) is 31.4 Å². The Labute approximate surface area is 88.7 Å². The zero-order valence-corrected chi connectivity index (χ0v) is 8.43. The Bertz CT molecular complexity index is 334. The van der Waals surface area contributed by atoms with Gasteiger partial charge in [0.2, 0.25) is 0 Å². The topological polar surface area (TPSA) is 46.5 Å². The summed E-state index contributed by atoms with van der Waals surface area (Å²) in [4.78, 5) is 11.6. The molecule has 1 N–H and O–H groups in total.